The van der Waals surface area contributed by atoms with Gasteiger partial charge in [-0.1, -0.05) is 46.5 Å². The highest BCUT2D eigenvalue weighted by atomic mass is 16.3. The van der Waals surface area contributed by atoms with Crippen molar-refractivity contribution in [2.45, 2.75) is 84.8 Å². The Balaban J connectivity index is 2.54. The predicted molar refractivity (Wildman–Crippen MR) is 110 cm³/mol. The van der Waals surface area contributed by atoms with Crippen molar-refractivity contribution in [3.63, 3.8) is 0 Å². The molecule has 4 N–H and O–H groups in total. The second kappa shape index (κ2) is 9.71. The number of allylic oxidation sites excluding steroid dienone is 2. The Kier molecular flexibility index (Phi) is 8.05. The summed E-state index contributed by atoms with van der Waals surface area (Å²) < 4.78 is 0. The summed E-state index contributed by atoms with van der Waals surface area (Å²) in [6, 6.07) is 0. The Morgan fingerprint density at radius 3 is 2.48 bits per heavy atom. The first-order valence-corrected chi connectivity index (χ1v) is 11.1. The molecule has 7 atom stereocenters. The maximum absolute atomic E-state index is 13.2. The number of ketones is 2. The first kappa shape index (κ1) is 24.0. The monoisotopic (exact) mass is 410 g/mol. The highest BCUT2D eigenvalue weighted by Gasteiger charge is 2.61. The lowest BCUT2D eigenvalue weighted by Gasteiger charge is -2.53. The quantitative estimate of drug-likeness (QED) is 0.435. The van der Waals surface area contributed by atoms with E-state index < -0.39 is 41.0 Å². The van der Waals surface area contributed by atoms with Gasteiger partial charge in [-0.05, 0) is 37.2 Å². The van der Waals surface area contributed by atoms with Crippen LogP contribution in [0.3, 0.4) is 0 Å². The number of aliphatic hydroxyl groups is 4. The summed E-state index contributed by atoms with van der Waals surface area (Å²) in [5, 5.41) is 42.0. The van der Waals surface area contributed by atoms with Crippen LogP contribution in [0.1, 0.15) is 72.6 Å². The number of hydrogen-bond donors (Lipinski definition) is 4. The molecule has 0 radical (unpaired) electrons. The van der Waals surface area contributed by atoms with Crippen LogP contribution in [0.15, 0.2) is 11.3 Å². The molecule has 0 aromatic heterocycles. The maximum atomic E-state index is 13.2. The first-order valence-electron chi connectivity index (χ1n) is 11.1. The summed E-state index contributed by atoms with van der Waals surface area (Å²) in [7, 11) is 0. The number of carbonyl (C=O) groups excluding carboxylic acids is 2. The maximum Gasteiger partial charge on any atom is 0.203 e. The van der Waals surface area contributed by atoms with Crippen LogP contribution in [0.4, 0.5) is 0 Å². The molecule has 0 heterocycles. The normalized spacial score (nSPS) is 36.1. The summed E-state index contributed by atoms with van der Waals surface area (Å²) in [6.07, 6.45) is 3.08. The fraction of sp³-hybridized carbons (Fsp3) is 0.826. The largest absolute Gasteiger partial charge is 0.504 e. The number of Topliss-reactive ketones (excluding diaryl/α,β-unsaturated/α-hetero) is 2. The molecule has 0 unspecified atom stereocenters. The molecule has 0 saturated heterocycles. The van der Waals surface area contributed by atoms with E-state index in [0.717, 1.165) is 32.1 Å². The van der Waals surface area contributed by atoms with E-state index in [1.165, 1.54) is 0 Å². The minimum Gasteiger partial charge on any atom is -0.504 e. The Bertz CT molecular complexity index is 641. The summed E-state index contributed by atoms with van der Waals surface area (Å²) >= 11 is 0. The Hall–Kier alpha value is -1.24. The molecule has 0 aromatic rings. The van der Waals surface area contributed by atoms with Gasteiger partial charge < -0.3 is 20.4 Å². The van der Waals surface area contributed by atoms with Crippen molar-refractivity contribution < 1.29 is 30.0 Å². The van der Waals surface area contributed by atoms with Crippen molar-refractivity contribution >= 4 is 11.6 Å². The molecule has 6 heteroatoms. The van der Waals surface area contributed by atoms with E-state index in [-0.39, 0.29) is 37.1 Å². The zero-order chi connectivity index (χ0) is 21.9. The van der Waals surface area contributed by atoms with Gasteiger partial charge in [-0.15, -0.1) is 0 Å². The summed E-state index contributed by atoms with van der Waals surface area (Å²) in [5.41, 5.74) is -0.921. The van der Waals surface area contributed by atoms with Crippen molar-refractivity contribution in [1.29, 1.82) is 0 Å². The number of fused-ring (bicyclic) bond motifs is 1. The number of carbonyl (C=O) groups is 2. The summed E-state index contributed by atoms with van der Waals surface area (Å²) in [4.78, 5) is 26.3. The van der Waals surface area contributed by atoms with Crippen LogP contribution in [-0.4, -0.2) is 50.8 Å². The van der Waals surface area contributed by atoms with E-state index in [1.54, 1.807) is 13.8 Å². The SMILES string of the molecule is CCCCCC[C@@H](C)C1=C(O)C(=O)[C@@H]2[C@H](O)[C@H](C)C[C@H](O)[C@H]2[C@]1(C)C(=O)CCO. The van der Waals surface area contributed by atoms with Gasteiger partial charge in [0.05, 0.1) is 23.5 Å². The topological polar surface area (TPSA) is 115 Å². The van der Waals surface area contributed by atoms with Crippen molar-refractivity contribution in [3.8, 4) is 0 Å². The van der Waals surface area contributed by atoms with E-state index in [4.69, 9.17) is 0 Å². The number of rotatable bonds is 9. The third-order valence-corrected chi connectivity index (χ3v) is 7.28. The van der Waals surface area contributed by atoms with Crippen LogP contribution < -0.4 is 0 Å². The summed E-state index contributed by atoms with van der Waals surface area (Å²) in [6.45, 7) is 7.13. The van der Waals surface area contributed by atoms with Gasteiger partial charge in [0.2, 0.25) is 5.78 Å². The third kappa shape index (κ3) is 4.30. The second-order valence-electron chi connectivity index (χ2n) is 9.30. The number of hydrogen-bond acceptors (Lipinski definition) is 6. The van der Waals surface area contributed by atoms with Crippen molar-refractivity contribution in [2.24, 2.45) is 29.1 Å². The second-order valence-corrected chi connectivity index (χ2v) is 9.30. The molecule has 2 aliphatic carbocycles. The third-order valence-electron chi connectivity index (χ3n) is 7.28. The molecule has 2 rings (SSSR count). The van der Waals surface area contributed by atoms with E-state index in [0.29, 0.717) is 5.57 Å². The van der Waals surface area contributed by atoms with Crippen molar-refractivity contribution in [3.05, 3.63) is 11.3 Å². The lowest BCUT2D eigenvalue weighted by molar-refractivity contribution is -0.161. The van der Waals surface area contributed by atoms with Crippen molar-refractivity contribution in [1.82, 2.24) is 0 Å². The number of unbranched alkanes of at least 4 members (excludes halogenated alkanes) is 3. The molecule has 29 heavy (non-hydrogen) atoms. The standard InChI is InChI=1S/C23H38O6/c1-5-6-7-8-9-13(2)18-22(29)21(28)17-19(15(25)12-14(3)20(17)27)23(18,4)16(26)10-11-24/h13-15,17,19-20,24-25,27,29H,5-12H2,1-4H3/t13-,14-,15+,17+,19-,20-,23-/m1/s1. The van der Waals surface area contributed by atoms with E-state index >= 15 is 0 Å². The average Bonchev–Trinajstić information content (AvgIpc) is 2.66. The lowest BCUT2D eigenvalue weighted by Crippen LogP contribution is -2.61. The molecule has 1 saturated carbocycles. The van der Waals surface area contributed by atoms with Gasteiger partial charge >= 0.3 is 0 Å². The fourth-order valence-corrected chi connectivity index (χ4v) is 5.72. The minimum absolute atomic E-state index is 0.119. The lowest BCUT2D eigenvalue weighted by atomic mass is 9.50. The van der Waals surface area contributed by atoms with Crippen molar-refractivity contribution in [2.75, 3.05) is 6.61 Å². The molecular weight excluding hydrogens is 372 g/mol. The molecular formula is C23H38O6. The van der Waals surface area contributed by atoms with Gasteiger partial charge in [-0.2, -0.15) is 0 Å². The molecule has 2 aliphatic rings. The molecule has 0 aromatic carbocycles. The average molecular weight is 411 g/mol. The number of aliphatic hydroxyl groups excluding tert-OH is 4. The van der Waals surface area contributed by atoms with Gasteiger partial charge in [0.25, 0.3) is 0 Å². The Morgan fingerprint density at radius 1 is 1.24 bits per heavy atom. The van der Waals surface area contributed by atoms with Gasteiger partial charge in [-0.25, -0.2) is 0 Å². The highest BCUT2D eigenvalue weighted by molar-refractivity contribution is 6.02. The van der Waals surface area contributed by atoms with Crippen LogP contribution in [0.25, 0.3) is 0 Å². The first-order chi connectivity index (χ1) is 13.6. The Labute approximate surface area is 174 Å². The zero-order valence-corrected chi connectivity index (χ0v) is 18.2. The van der Waals surface area contributed by atoms with Gasteiger partial charge in [-0.3, -0.25) is 9.59 Å². The zero-order valence-electron chi connectivity index (χ0n) is 18.2. The van der Waals surface area contributed by atoms with Gasteiger partial charge in [0.1, 0.15) is 5.78 Å². The van der Waals surface area contributed by atoms with Crippen LogP contribution in [0.2, 0.25) is 0 Å². The molecule has 166 valence electrons. The van der Waals surface area contributed by atoms with Crippen LogP contribution in [-0.2, 0) is 9.59 Å². The molecule has 0 amide bonds. The van der Waals surface area contributed by atoms with Crippen LogP contribution >= 0.6 is 0 Å². The van der Waals surface area contributed by atoms with Crippen LogP contribution in [0, 0.1) is 29.1 Å². The predicted octanol–water partition coefficient (Wildman–Crippen LogP) is 2.94. The van der Waals surface area contributed by atoms with E-state index in [2.05, 4.69) is 6.92 Å². The molecule has 0 spiro atoms. The molecule has 0 aliphatic heterocycles. The fourth-order valence-electron chi connectivity index (χ4n) is 5.72. The Morgan fingerprint density at radius 2 is 1.90 bits per heavy atom. The van der Waals surface area contributed by atoms with Crippen LogP contribution in [0.5, 0.6) is 0 Å². The molecule has 0 bridgehead atoms. The van der Waals surface area contributed by atoms with Gasteiger partial charge in [0.15, 0.2) is 5.76 Å². The smallest absolute Gasteiger partial charge is 0.203 e. The van der Waals surface area contributed by atoms with E-state index in [1.807, 2.05) is 6.92 Å². The molecule has 6 nitrogen and oxygen atoms in total. The highest BCUT2D eigenvalue weighted by Crippen LogP contribution is 2.55. The summed E-state index contributed by atoms with van der Waals surface area (Å²) in [5.74, 6) is -3.64. The minimum atomic E-state index is -1.30. The van der Waals surface area contributed by atoms with E-state index in [9.17, 15) is 30.0 Å². The van der Waals surface area contributed by atoms with Gasteiger partial charge in [0, 0.05) is 18.9 Å². The molecule has 1 fully saturated rings.